The quantitative estimate of drug-likeness (QED) is 0.181. The van der Waals surface area contributed by atoms with E-state index in [0.29, 0.717) is 17.7 Å². The Morgan fingerprint density at radius 2 is 1.19 bits per heavy atom. The average molecular weight is 733 g/mol. The van der Waals surface area contributed by atoms with Crippen LogP contribution in [0.5, 0.6) is 0 Å². The maximum Gasteiger partial charge on any atom is 0.161 e. The number of hydrogen-bond donors (Lipinski definition) is 0. The molecule has 4 saturated carbocycles. The predicted octanol–water partition coefficient (Wildman–Crippen LogP) is 12.8. The largest absolute Gasteiger partial charge is 0.293 e. The fourth-order valence-electron chi connectivity index (χ4n) is 12.5. The first-order valence-electron chi connectivity index (χ1n) is 20.8. The number of fused-ring (bicyclic) bond motifs is 9. The molecule has 0 amide bonds. The van der Waals surface area contributed by atoms with Crippen molar-refractivity contribution in [3.8, 4) is 50.8 Å². The van der Waals surface area contributed by atoms with Crippen LogP contribution in [0.3, 0.4) is 0 Å². The molecule has 3 heterocycles. The van der Waals surface area contributed by atoms with Gasteiger partial charge in [0.05, 0.1) is 22.4 Å². The Morgan fingerprint density at radius 3 is 1.89 bits per heavy atom. The van der Waals surface area contributed by atoms with E-state index in [1.165, 1.54) is 75.8 Å². The van der Waals surface area contributed by atoms with Crippen LogP contribution in [0.1, 0.15) is 43.2 Å². The summed E-state index contributed by atoms with van der Waals surface area (Å²) in [6.45, 7) is 0. The summed E-state index contributed by atoms with van der Waals surface area (Å²) in [6, 6.07) is 55.1. The van der Waals surface area contributed by atoms with Gasteiger partial charge in [-0.2, -0.15) is 0 Å². The second-order valence-corrected chi connectivity index (χ2v) is 17.2. The molecule has 9 aromatic rings. The van der Waals surface area contributed by atoms with Crippen molar-refractivity contribution in [1.82, 2.24) is 19.5 Å². The van der Waals surface area contributed by atoms with Crippen molar-refractivity contribution in [2.75, 3.05) is 0 Å². The van der Waals surface area contributed by atoms with Crippen molar-refractivity contribution in [3.63, 3.8) is 0 Å². The molecule has 4 bridgehead atoms. The number of nitrogens with zero attached hydrogens (tertiary/aromatic N) is 4. The molecule has 4 heteroatoms. The lowest BCUT2D eigenvalue weighted by atomic mass is 9.43. The van der Waals surface area contributed by atoms with Crippen LogP contribution >= 0.6 is 0 Å². The summed E-state index contributed by atoms with van der Waals surface area (Å²) in [6.07, 6.45) is 8.87. The topological polar surface area (TPSA) is 43.6 Å². The van der Waals surface area contributed by atoms with Gasteiger partial charge in [0.2, 0.25) is 0 Å². The van der Waals surface area contributed by atoms with Crippen molar-refractivity contribution >= 4 is 32.6 Å². The Labute approximate surface area is 331 Å². The Kier molecular flexibility index (Phi) is 6.59. The summed E-state index contributed by atoms with van der Waals surface area (Å²) in [7, 11) is 0. The molecule has 272 valence electrons. The zero-order valence-electron chi connectivity index (χ0n) is 31.6. The van der Waals surface area contributed by atoms with Crippen molar-refractivity contribution in [1.29, 1.82) is 0 Å². The van der Waals surface area contributed by atoms with Crippen LogP contribution < -0.4 is 0 Å². The van der Waals surface area contributed by atoms with E-state index >= 15 is 0 Å². The van der Waals surface area contributed by atoms with Gasteiger partial charge >= 0.3 is 0 Å². The molecule has 0 aliphatic heterocycles. The van der Waals surface area contributed by atoms with Crippen LogP contribution in [0.2, 0.25) is 0 Å². The second-order valence-electron chi connectivity index (χ2n) is 17.2. The van der Waals surface area contributed by atoms with Crippen LogP contribution in [0.15, 0.2) is 158 Å². The summed E-state index contributed by atoms with van der Waals surface area (Å²) >= 11 is 0. The molecule has 3 aromatic heterocycles. The van der Waals surface area contributed by atoms with Crippen molar-refractivity contribution in [3.05, 3.63) is 169 Å². The maximum absolute atomic E-state index is 5.30. The Hall–Kier alpha value is -6.39. The molecule has 0 atom stereocenters. The summed E-state index contributed by atoms with van der Waals surface area (Å²) < 4.78 is 2.46. The van der Waals surface area contributed by atoms with E-state index in [1.54, 1.807) is 11.1 Å². The van der Waals surface area contributed by atoms with E-state index < -0.39 is 0 Å². The van der Waals surface area contributed by atoms with Gasteiger partial charge in [0.1, 0.15) is 5.82 Å². The monoisotopic (exact) mass is 732 g/mol. The molecule has 5 aliphatic carbocycles. The zero-order chi connectivity index (χ0) is 37.2. The predicted molar refractivity (Wildman–Crippen MR) is 231 cm³/mol. The normalized spacial score (nSPS) is 22.8. The highest BCUT2D eigenvalue weighted by Gasteiger charge is 2.62. The van der Waals surface area contributed by atoms with E-state index in [1.807, 2.05) is 18.3 Å². The van der Waals surface area contributed by atoms with Gasteiger partial charge in [-0.15, -0.1) is 0 Å². The molecule has 57 heavy (non-hydrogen) atoms. The minimum atomic E-state index is 0.0540. The highest BCUT2D eigenvalue weighted by Crippen LogP contribution is 2.70. The molecule has 1 spiro atoms. The van der Waals surface area contributed by atoms with Gasteiger partial charge < -0.3 is 0 Å². The number of rotatable bonds is 4. The van der Waals surface area contributed by atoms with Crippen LogP contribution in [0.4, 0.5) is 0 Å². The number of aromatic nitrogens is 4. The van der Waals surface area contributed by atoms with Crippen LogP contribution in [-0.4, -0.2) is 19.5 Å². The first-order valence-corrected chi connectivity index (χ1v) is 20.8. The SMILES string of the molecule is c1ccc(-c2cc(-c3ccccc3)nc(-c3ccc(-n4c5ccc6c(c5c5ccc7ccccc7c54)C4(c5ccccc5-6)C5CC6CC(C5)CC4C6)nc3)n2)cc1. The molecule has 6 aromatic carbocycles. The lowest BCUT2D eigenvalue weighted by Gasteiger charge is -2.61. The van der Waals surface area contributed by atoms with E-state index in [4.69, 9.17) is 15.0 Å². The molecule has 0 saturated heterocycles. The fraction of sp³-hybridized carbons (Fsp3) is 0.189. The Balaban J connectivity index is 1.04. The Morgan fingerprint density at radius 1 is 0.526 bits per heavy atom. The maximum atomic E-state index is 5.30. The number of pyridine rings is 1. The third kappa shape index (κ3) is 4.41. The lowest BCUT2D eigenvalue weighted by molar-refractivity contribution is -0.0393. The minimum Gasteiger partial charge on any atom is -0.293 e. The Bertz CT molecular complexity index is 2980. The van der Waals surface area contributed by atoms with E-state index in [0.717, 1.165) is 45.7 Å². The molecular formula is C53H40N4. The van der Waals surface area contributed by atoms with E-state index in [2.05, 4.69) is 144 Å². The van der Waals surface area contributed by atoms with Gasteiger partial charge in [0.15, 0.2) is 5.82 Å². The van der Waals surface area contributed by atoms with Crippen molar-refractivity contribution < 1.29 is 0 Å². The number of hydrogen-bond acceptors (Lipinski definition) is 3. The molecule has 5 aliphatic rings. The first-order chi connectivity index (χ1) is 28.2. The fourth-order valence-corrected chi connectivity index (χ4v) is 12.5. The highest BCUT2D eigenvalue weighted by molar-refractivity contribution is 6.21. The number of benzene rings is 6. The van der Waals surface area contributed by atoms with Gasteiger partial charge in [-0.05, 0) is 108 Å². The summed E-state index contributed by atoms with van der Waals surface area (Å²) in [5.41, 5.74) is 13.4. The second kappa shape index (κ2) is 11.8. The molecule has 0 unspecified atom stereocenters. The average Bonchev–Trinajstić information content (AvgIpc) is 3.77. The summed E-state index contributed by atoms with van der Waals surface area (Å²) in [5.74, 6) is 4.73. The summed E-state index contributed by atoms with van der Waals surface area (Å²) in [5, 5.41) is 5.26. The third-order valence-corrected chi connectivity index (χ3v) is 14.4. The van der Waals surface area contributed by atoms with E-state index in [-0.39, 0.29) is 5.41 Å². The third-order valence-electron chi connectivity index (χ3n) is 14.4. The van der Waals surface area contributed by atoms with Gasteiger partial charge in [-0.3, -0.25) is 4.57 Å². The smallest absolute Gasteiger partial charge is 0.161 e. The lowest BCUT2D eigenvalue weighted by Crippen LogP contribution is -2.55. The highest BCUT2D eigenvalue weighted by atomic mass is 15.1. The molecule has 0 radical (unpaired) electrons. The zero-order valence-corrected chi connectivity index (χ0v) is 31.6. The minimum absolute atomic E-state index is 0.0540. The van der Waals surface area contributed by atoms with E-state index in [9.17, 15) is 0 Å². The first kappa shape index (κ1) is 31.8. The van der Waals surface area contributed by atoms with Gasteiger partial charge in [-0.25, -0.2) is 15.0 Å². The standard InChI is InChI=1S/C53H40N4/c1-3-12-35(13-4-1)45-30-46(36-14-5-2-6-15-36)56-52(55-45)37-20-24-48(54-31-37)57-47-23-22-42-41-17-9-10-18-44(41)53(38-26-32-25-33(28-38)29-39(53)27-32)50(42)49(47)43-21-19-34-11-7-8-16-40(34)51(43)57/h1-24,30-33,38-39H,25-29H2. The molecular weight excluding hydrogens is 693 g/mol. The van der Waals surface area contributed by atoms with Crippen LogP contribution in [-0.2, 0) is 5.41 Å². The van der Waals surface area contributed by atoms with Crippen LogP contribution in [0.25, 0.3) is 83.4 Å². The van der Waals surface area contributed by atoms with Gasteiger partial charge in [0, 0.05) is 44.5 Å². The van der Waals surface area contributed by atoms with Crippen molar-refractivity contribution in [2.45, 2.75) is 37.5 Å². The van der Waals surface area contributed by atoms with Crippen LogP contribution in [0, 0.1) is 23.7 Å². The van der Waals surface area contributed by atoms with Gasteiger partial charge in [0.25, 0.3) is 0 Å². The molecule has 4 nitrogen and oxygen atoms in total. The molecule has 0 N–H and O–H groups in total. The van der Waals surface area contributed by atoms with Gasteiger partial charge in [-0.1, -0.05) is 127 Å². The summed E-state index contributed by atoms with van der Waals surface area (Å²) in [4.78, 5) is 15.5. The molecule has 4 fully saturated rings. The van der Waals surface area contributed by atoms with Crippen molar-refractivity contribution in [2.24, 2.45) is 23.7 Å². The molecule has 14 rings (SSSR count).